The fourth-order valence-electron chi connectivity index (χ4n) is 3.67. The second-order valence-corrected chi connectivity index (χ2v) is 8.80. The van der Waals surface area contributed by atoms with E-state index in [2.05, 4.69) is 4.98 Å². The summed E-state index contributed by atoms with van der Waals surface area (Å²) >= 11 is 7.32. The van der Waals surface area contributed by atoms with Crippen LogP contribution in [-0.2, 0) is 11.3 Å². The maximum Gasteiger partial charge on any atom is 0.262 e. The van der Waals surface area contributed by atoms with Crippen LogP contribution < -0.4 is 10.5 Å². The molecule has 2 aromatic carbocycles. The SMILES string of the molecule is CCCn1c(SCC(=O)c2ccc(N3CCCC3=O)cc2)nc2cc(Cl)ccc2c1=O. The average molecular weight is 456 g/mol. The van der Waals surface area contributed by atoms with Gasteiger partial charge in [0.2, 0.25) is 5.91 Å². The van der Waals surface area contributed by atoms with Crippen molar-refractivity contribution in [2.45, 2.75) is 37.9 Å². The van der Waals surface area contributed by atoms with E-state index in [9.17, 15) is 14.4 Å². The van der Waals surface area contributed by atoms with Crippen molar-refractivity contribution >= 4 is 51.6 Å². The number of hydrogen-bond acceptors (Lipinski definition) is 5. The summed E-state index contributed by atoms with van der Waals surface area (Å²) in [6.07, 6.45) is 2.21. The Kier molecular flexibility index (Phi) is 6.43. The predicted octanol–water partition coefficient (Wildman–Crippen LogP) is 4.56. The second-order valence-electron chi connectivity index (χ2n) is 7.42. The summed E-state index contributed by atoms with van der Waals surface area (Å²) < 4.78 is 1.62. The van der Waals surface area contributed by atoms with E-state index in [0.717, 1.165) is 18.5 Å². The molecule has 4 rings (SSSR count). The lowest BCUT2D eigenvalue weighted by Gasteiger charge is -2.15. The molecule has 1 aromatic heterocycles. The second kappa shape index (κ2) is 9.24. The van der Waals surface area contributed by atoms with Gasteiger partial charge in [-0.05, 0) is 55.3 Å². The Morgan fingerprint density at radius 1 is 1.16 bits per heavy atom. The van der Waals surface area contributed by atoms with E-state index in [-0.39, 0.29) is 23.0 Å². The number of nitrogens with zero attached hydrogens (tertiary/aromatic N) is 3. The minimum atomic E-state index is -0.127. The number of ketones is 1. The van der Waals surface area contributed by atoms with Gasteiger partial charge in [0, 0.05) is 35.8 Å². The van der Waals surface area contributed by atoms with E-state index in [1.807, 2.05) is 19.1 Å². The molecule has 6 nitrogen and oxygen atoms in total. The number of aromatic nitrogens is 2. The van der Waals surface area contributed by atoms with Crippen molar-refractivity contribution in [3.05, 3.63) is 63.4 Å². The molecule has 1 aliphatic heterocycles. The zero-order valence-electron chi connectivity index (χ0n) is 17.1. The number of fused-ring (bicyclic) bond motifs is 1. The van der Waals surface area contributed by atoms with Crippen molar-refractivity contribution in [1.29, 1.82) is 0 Å². The number of benzene rings is 2. The molecule has 1 aliphatic rings. The number of carbonyl (C=O) groups is 2. The summed E-state index contributed by atoms with van der Waals surface area (Å²) in [5.41, 5.74) is 1.78. The number of anilines is 1. The van der Waals surface area contributed by atoms with Gasteiger partial charge in [0.25, 0.3) is 5.56 Å². The molecule has 160 valence electrons. The highest BCUT2D eigenvalue weighted by molar-refractivity contribution is 7.99. The van der Waals surface area contributed by atoms with Gasteiger partial charge in [-0.2, -0.15) is 0 Å². The van der Waals surface area contributed by atoms with E-state index in [0.29, 0.717) is 46.2 Å². The molecule has 0 bridgehead atoms. The molecular formula is C23H22ClN3O3S. The first-order chi connectivity index (χ1) is 15.0. The third-order valence-electron chi connectivity index (χ3n) is 5.24. The van der Waals surface area contributed by atoms with Crippen LogP contribution in [0.5, 0.6) is 0 Å². The smallest absolute Gasteiger partial charge is 0.262 e. The van der Waals surface area contributed by atoms with E-state index in [1.165, 1.54) is 11.8 Å². The van der Waals surface area contributed by atoms with Crippen LogP contribution in [0.3, 0.4) is 0 Å². The van der Waals surface area contributed by atoms with Gasteiger partial charge in [0.05, 0.1) is 16.7 Å². The molecule has 0 N–H and O–H groups in total. The van der Waals surface area contributed by atoms with E-state index in [1.54, 1.807) is 39.8 Å². The highest BCUT2D eigenvalue weighted by Gasteiger charge is 2.22. The number of amides is 1. The predicted molar refractivity (Wildman–Crippen MR) is 124 cm³/mol. The van der Waals surface area contributed by atoms with Gasteiger partial charge < -0.3 is 4.90 Å². The van der Waals surface area contributed by atoms with Crippen LogP contribution in [0.1, 0.15) is 36.5 Å². The van der Waals surface area contributed by atoms with Crippen LogP contribution >= 0.6 is 23.4 Å². The Labute approximate surface area is 189 Å². The number of rotatable bonds is 7. The number of carbonyl (C=O) groups excluding carboxylic acids is 2. The minimum absolute atomic E-state index is 0.0622. The average Bonchev–Trinajstić information content (AvgIpc) is 3.20. The zero-order chi connectivity index (χ0) is 22.0. The molecule has 1 fully saturated rings. The summed E-state index contributed by atoms with van der Waals surface area (Å²) in [7, 11) is 0. The highest BCUT2D eigenvalue weighted by atomic mass is 35.5. The lowest BCUT2D eigenvalue weighted by atomic mass is 10.1. The Bertz CT molecular complexity index is 1210. The molecule has 1 amide bonds. The van der Waals surface area contributed by atoms with Crippen LogP contribution in [-0.4, -0.2) is 33.5 Å². The minimum Gasteiger partial charge on any atom is -0.312 e. The molecule has 0 radical (unpaired) electrons. The van der Waals surface area contributed by atoms with Crippen molar-refractivity contribution in [2.24, 2.45) is 0 Å². The molecule has 0 spiro atoms. The lowest BCUT2D eigenvalue weighted by Crippen LogP contribution is -2.24. The maximum atomic E-state index is 12.9. The van der Waals surface area contributed by atoms with E-state index in [4.69, 9.17) is 11.6 Å². The number of Topliss-reactive ketones (excluding diaryl/α,β-unsaturated/α-hetero) is 1. The molecule has 0 saturated carbocycles. The van der Waals surface area contributed by atoms with Crippen molar-refractivity contribution in [2.75, 3.05) is 17.2 Å². The topological polar surface area (TPSA) is 72.3 Å². The standard InChI is InChI=1S/C23H22ClN3O3S/c1-2-11-27-22(30)18-10-7-16(24)13-19(18)25-23(27)31-14-20(28)15-5-8-17(9-6-15)26-12-3-4-21(26)29/h5-10,13H,2-4,11-12,14H2,1H3. The Morgan fingerprint density at radius 2 is 1.94 bits per heavy atom. The first-order valence-electron chi connectivity index (χ1n) is 10.2. The molecule has 0 aliphatic carbocycles. The Hall–Kier alpha value is -2.64. The molecule has 2 heterocycles. The van der Waals surface area contributed by atoms with Crippen molar-refractivity contribution in [3.8, 4) is 0 Å². The lowest BCUT2D eigenvalue weighted by molar-refractivity contribution is -0.117. The fraction of sp³-hybridized carbons (Fsp3) is 0.304. The molecule has 0 unspecified atom stereocenters. The normalized spacial score (nSPS) is 13.9. The summed E-state index contributed by atoms with van der Waals surface area (Å²) in [6, 6.07) is 12.1. The molecular weight excluding hydrogens is 434 g/mol. The molecule has 31 heavy (non-hydrogen) atoms. The zero-order valence-corrected chi connectivity index (χ0v) is 18.7. The molecule has 0 atom stereocenters. The van der Waals surface area contributed by atoms with Gasteiger partial charge in [-0.25, -0.2) is 4.98 Å². The van der Waals surface area contributed by atoms with E-state index >= 15 is 0 Å². The summed E-state index contributed by atoms with van der Waals surface area (Å²) in [4.78, 5) is 43.9. The maximum absolute atomic E-state index is 12.9. The van der Waals surface area contributed by atoms with Crippen molar-refractivity contribution < 1.29 is 9.59 Å². The van der Waals surface area contributed by atoms with Gasteiger partial charge in [-0.3, -0.25) is 19.0 Å². The summed E-state index contributed by atoms with van der Waals surface area (Å²) in [5, 5.41) is 1.53. The first-order valence-corrected chi connectivity index (χ1v) is 11.6. The van der Waals surface area contributed by atoms with Crippen LogP contribution in [0.15, 0.2) is 52.4 Å². The monoisotopic (exact) mass is 455 g/mol. The van der Waals surface area contributed by atoms with Crippen LogP contribution in [0.2, 0.25) is 5.02 Å². The van der Waals surface area contributed by atoms with Crippen LogP contribution in [0.25, 0.3) is 10.9 Å². The molecule has 3 aromatic rings. The Morgan fingerprint density at radius 3 is 2.61 bits per heavy atom. The van der Waals surface area contributed by atoms with Gasteiger partial charge in [0.15, 0.2) is 10.9 Å². The van der Waals surface area contributed by atoms with Crippen molar-refractivity contribution in [1.82, 2.24) is 9.55 Å². The van der Waals surface area contributed by atoms with Gasteiger partial charge in [-0.15, -0.1) is 0 Å². The summed E-state index contributed by atoms with van der Waals surface area (Å²) in [6.45, 7) is 3.23. The molecule has 8 heteroatoms. The van der Waals surface area contributed by atoms with Gasteiger partial charge in [-0.1, -0.05) is 30.3 Å². The number of thioether (sulfide) groups is 1. The number of halogens is 1. The number of hydrogen-bond donors (Lipinski definition) is 0. The highest BCUT2D eigenvalue weighted by Crippen LogP contribution is 2.24. The van der Waals surface area contributed by atoms with Crippen molar-refractivity contribution in [3.63, 3.8) is 0 Å². The van der Waals surface area contributed by atoms with E-state index < -0.39 is 0 Å². The Balaban J connectivity index is 1.54. The van der Waals surface area contributed by atoms with Gasteiger partial charge >= 0.3 is 0 Å². The first kappa shape index (κ1) is 21.6. The third kappa shape index (κ3) is 4.52. The quantitative estimate of drug-likeness (QED) is 0.296. The van der Waals surface area contributed by atoms with Gasteiger partial charge in [0.1, 0.15) is 0 Å². The van der Waals surface area contributed by atoms with Crippen LogP contribution in [0, 0.1) is 0 Å². The van der Waals surface area contributed by atoms with Crippen LogP contribution in [0.4, 0.5) is 5.69 Å². The summed E-state index contributed by atoms with van der Waals surface area (Å²) in [5.74, 6) is 0.211. The molecule has 1 saturated heterocycles. The largest absolute Gasteiger partial charge is 0.312 e. The third-order valence-corrected chi connectivity index (χ3v) is 6.45. The fourth-order valence-corrected chi connectivity index (χ4v) is 4.75.